The van der Waals surface area contributed by atoms with E-state index in [-0.39, 0.29) is 17.9 Å². The molecule has 8 heteroatoms. The molecule has 0 saturated heterocycles. The number of rotatable bonds is 7. The summed E-state index contributed by atoms with van der Waals surface area (Å²) in [6.45, 7) is 4.26. The van der Waals surface area contributed by atoms with Crippen LogP contribution in [0.25, 0.3) is 21.3 Å². The standard InChI is InChI=1S/C24H22N4O3S/c1-14-8-9-17(24(30)31)12-18(14)28-19(29)10-11-25-22-21-20(16-6-4-3-5-7-16)15(2)32-23(21)27-13-26-22/h3-9,12-13H,10-11H2,1-2H3,(H,28,29)(H,30,31)(H,25,26,27). The predicted molar refractivity (Wildman–Crippen MR) is 127 cm³/mol. The average molecular weight is 447 g/mol. The van der Waals surface area contributed by atoms with E-state index in [0.717, 1.165) is 31.8 Å². The van der Waals surface area contributed by atoms with E-state index in [9.17, 15) is 9.59 Å². The van der Waals surface area contributed by atoms with Gasteiger partial charge in [-0.3, -0.25) is 4.79 Å². The molecule has 0 fully saturated rings. The van der Waals surface area contributed by atoms with E-state index in [1.54, 1.807) is 17.4 Å². The van der Waals surface area contributed by atoms with E-state index in [1.807, 2.05) is 25.1 Å². The SMILES string of the molecule is Cc1ccc(C(=O)O)cc1NC(=O)CCNc1ncnc2sc(C)c(-c3ccccc3)c12. The highest BCUT2D eigenvalue weighted by atomic mass is 32.1. The first-order valence-electron chi connectivity index (χ1n) is 10.1. The van der Waals surface area contributed by atoms with Gasteiger partial charge in [-0.05, 0) is 37.1 Å². The highest BCUT2D eigenvalue weighted by Gasteiger charge is 2.17. The molecular formula is C24H22N4O3S. The number of carboxylic acids is 1. The number of carboxylic acid groups (broad SMARTS) is 1. The predicted octanol–water partition coefficient (Wildman–Crippen LogP) is 5.11. The number of hydrogen-bond acceptors (Lipinski definition) is 6. The molecule has 4 aromatic rings. The maximum Gasteiger partial charge on any atom is 0.335 e. The van der Waals surface area contributed by atoms with Gasteiger partial charge >= 0.3 is 5.97 Å². The minimum Gasteiger partial charge on any atom is -0.478 e. The van der Waals surface area contributed by atoms with E-state index in [4.69, 9.17) is 5.11 Å². The summed E-state index contributed by atoms with van der Waals surface area (Å²) < 4.78 is 0. The number of amides is 1. The molecule has 2 aromatic carbocycles. The van der Waals surface area contributed by atoms with Crippen LogP contribution in [0.4, 0.5) is 11.5 Å². The van der Waals surface area contributed by atoms with E-state index in [2.05, 4.69) is 39.7 Å². The maximum absolute atomic E-state index is 12.5. The molecule has 1 amide bonds. The number of nitrogens with one attached hydrogen (secondary N) is 2. The number of aryl methyl sites for hydroxylation is 2. The lowest BCUT2D eigenvalue weighted by molar-refractivity contribution is -0.116. The van der Waals surface area contributed by atoms with Gasteiger partial charge in [-0.25, -0.2) is 14.8 Å². The monoisotopic (exact) mass is 446 g/mol. The summed E-state index contributed by atoms with van der Waals surface area (Å²) in [4.78, 5) is 34.5. The van der Waals surface area contributed by atoms with E-state index < -0.39 is 5.97 Å². The molecule has 162 valence electrons. The topological polar surface area (TPSA) is 104 Å². The van der Waals surface area contributed by atoms with Gasteiger partial charge in [-0.2, -0.15) is 0 Å². The Kier molecular flexibility index (Phi) is 6.13. The van der Waals surface area contributed by atoms with Crippen molar-refractivity contribution in [3.05, 3.63) is 70.9 Å². The lowest BCUT2D eigenvalue weighted by atomic mass is 10.0. The number of thiophene rings is 1. The van der Waals surface area contributed by atoms with Gasteiger partial charge in [0.25, 0.3) is 0 Å². The highest BCUT2D eigenvalue weighted by Crippen LogP contribution is 2.40. The molecule has 0 atom stereocenters. The van der Waals surface area contributed by atoms with E-state index >= 15 is 0 Å². The van der Waals surface area contributed by atoms with E-state index in [0.29, 0.717) is 18.1 Å². The minimum absolute atomic E-state index is 0.133. The van der Waals surface area contributed by atoms with E-state index in [1.165, 1.54) is 18.5 Å². The second-order valence-corrected chi connectivity index (χ2v) is 8.56. The molecule has 7 nitrogen and oxygen atoms in total. The van der Waals surface area contributed by atoms with Crippen LogP contribution in [-0.2, 0) is 4.79 Å². The molecule has 2 aromatic heterocycles. The van der Waals surface area contributed by atoms with Crippen LogP contribution in [0.1, 0.15) is 27.2 Å². The first kappa shape index (κ1) is 21.5. The number of carbonyl (C=O) groups is 2. The molecule has 0 aliphatic rings. The zero-order valence-corrected chi connectivity index (χ0v) is 18.5. The fourth-order valence-corrected chi connectivity index (χ4v) is 4.54. The molecule has 4 rings (SSSR count). The Morgan fingerprint density at radius 1 is 1.06 bits per heavy atom. The molecule has 0 radical (unpaired) electrons. The minimum atomic E-state index is -1.03. The number of carbonyl (C=O) groups excluding carboxylic acids is 1. The molecule has 0 aliphatic heterocycles. The van der Waals surface area contributed by atoms with Crippen LogP contribution >= 0.6 is 11.3 Å². The van der Waals surface area contributed by atoms with Crippen molar-refractivity contribution in [2.45, 2.75) is 20.3 Å². The van der Waals surface area contributed by atoms with Crippen molar-refractivity contribution in [2.75, 3.05) is 17.2 Å². The third kappa shape index (κ3) is 4.45. The summed E-state index contributed by atoms with van der Waals surface area (Å²) >= 11 is 1.62. The molecular weight excluding hydrogens is 424 g/mol. The van der Waals surface area contributed by atoms with Gasteiger partial charge in [0.15, 0.2) is 0 Å². The van der Waals surface area contributed by atoms with Crippen molar-refractivity contribution in [3.63, 3.8) is 0 Å². The lowest BCUT2D eigenvalue weighted by Gasteiger charge is -2.11. The second-order valence-electron chi connectivity index (χ2n) is 7.36. The number of aromatic nitrogens is 2. The molecule has 32 heavy (non-hydrogen) atoms. The Balaban J connectivity index is 1.49. The summed E-state index contributed by atoms with van der Waals surface area (Å²) in [6.07, 6.45) is 1.72. The summed E-state index contributed by atoms with van der Waals surface area (Å²) in [5, 5.41) is 16.2. The molecule has 0 unspecified atom stereocenters. The Bertz CT molecular complexity index is 1300. The van der Waals surface area contributed by atoms with Gasteiger partial charge < -0.3 is 15.7 Å². The van der Waals surface area contributed by atoms with Crippen LogP contribution in [0, 0.1) is 13.8 Å². The Hall–Kier alpha value is -3.78. The second kappa shape index (κ2) is 9.15. The Morgan fingerprint density at radius 3 is 2.59 bits per heavy atom. The highest BCUT2D eigenvalue weighted by molar-refractivity contribution is 7.19. The fraction of sp³-hybridized carbons (Fsp3) is 0.167. The van der Waals surface area contributed by atoms with Gasteiger partial charge in [0.05, 0.1) is 10.9 Å². The Morgan fingerprint density at radius 2 is 1.84 bits per heavy atom. The molecule has 3 N–H and O–H groups in total. The molecule has 0 aliphatic carbocycles. The lowest BCUT2D eigenvalue weighted by Crippen LogP contribution is -2.17. The number of aromatic carboxylic acids is 1. The molecule has 0 bridgehead atoms. The van der Waals surface area contributed by atoms with Gasteiger partial charge in [0, 0.05) is 29.1 Å². The van der Waals surface area contributed by atoms with Crippen molar-refractivity contribution in [1.29, 1.82) is 0 Å². The Labute approximate surface area is 189 Å². The molecule has 2 heterocycles. The van der Waals surface area contributed by atoms with Gasteiger partial charge in [0.1, 0.15) is 17.0 Å². The van der Waals surface area contributed by atoms with Gasteiger partial charge in [0.2, 0.25) is 5.91 Å². The smallest absolute Gasteiger partial charge is 0.335 e. The van der Waals surface area contributed by atoms with Gasteiger partial charge in [-0.1, -0.05) is 36.4 Å². The number of benzene rings is 2. The van der Waals surface area contributed by atoms with Crippen molar-refractivity contribution in [3.8, 4) is 11.1 Å². The molecule has 0 saturated carbocycles. The summed E-state index contributed by atoms with van der Waals surface area (Å²) in [7, 11) is 0. The summed E-state index contributed by atoms with van der Waals surface area (Å²) in [5.41, 5.74) is 3.63. The zero-order chi connectivity index (χ0) is 22.7. The summed E-state index contributed by atoms with van der Waals surface area (Å²) in [6, 6.07) is 14.8. The first-order chi connectivity index (χ1) is 15.4. The quantitative estimate of drug-likeness (QED) is 0.364. The van der Waals surface area contributed by atoms with Crippen LogP contribution in [0.3, 0.4) is 0 Å². The number of hydrogen-bond donors (Lipinski definition) is 3. The largest absolute Gasteiger partial charge is 0.478 e. The molecule has 0 spiro atoms. The first-order valence-corrected chi connectivity index (χ1v) is 10.9. The number of fused-ring (bicyclic) bond motifs is 1. The fourth-order valence-electron chi connectivity index (χ4n) is 3.53. The maximum atomic E-state index is 12.5. The third-order valence-electron chi connectivity index (χ3n) is 5.13. The number of anilines is 2. The van der Waals surface area contributed by atoms with Gasteiger partial charge in [-0.15, -0.1) is 11.3 Å². The van der Waals surface area contributed by atoms with Crippen molar-refractivity contribution < 1.29 is 14.7 Å². The summed E-state index contributed by atoms with van der Waals surface area (Å²) in [5.74, 6) is -0.552. The van der Waals surface area contributed by atoms with Crippen LogP contribution in [0.15, 0.2) is 54.9 Å². The van der Waals surface area contributed by atoms with Crippen LogP contribution in [0.2, 0.25) is 0 Å². The van der Waals surface area contributed by atoms with Crippen molar-refractivity contribution in [1.82, 2.24) is 9.97 Å². The van der Waals surface area contributed by atoms with Crippen LogP contribution in [0.5, 0.6) is 0 Å². The van der Waals surface area contributed by atoms with Crippen LogP contribution in [-0.4, -0.2) is 33.5 Å². The average Bonchev–Trinajstić information content (AvgIpc) is 3.12. The third-order valence-corrected chi connectivity index (χ3v) is 6.14. The van der Waals surface area contributed by atoms with Crippen molar-refractivity contribution in [2.24, 2.45) is 0 Å². The normalized spacial score (nSPS) is 10.8. The van der Waals surface area contributed by atoms with Crippen molar-refractivity contribution >= 4 is 44.9 Å². The van der Waals surface area contributed by atoms with Crippen LogP contribution < -0.4 is 10.6 Å². The number of nitrogens with zero attached hydrogens (tertiary/aromatic N) is 2. The zero-order valence-electron chi connectivity index (χ0n) is 17.7.